The van der Waals surface area contributed by atoms with E-state index in [-0.39, 0.29) is 18.5 Å². The standard InChI is InChI=1S/C14H26N2O4/c1-11(4-3-5-13(17)18)15-14(19)16(2)8-9-20-10-12-6-7-12/h11-12H,3-10H2,1-2H3,(H,15,19)(H,17,18). The predicted octanol–water partition coefficient (Wildman–Crippen LogP) is 1.70. The highest BCUT2D eigenvalue weighted by Gasteiger charge is 2.21. The predicted molar refractivity (Wildman–Crippen MR) is 75.7 cm³/mol. The van der Waals surface area contributed by atoms with E-state index in [1.54, 1.807) is 11.9 Å². The zero-order chi connectivity index (χ0) is 15.0. The second-order valence-corrected chi connectivity index (χ2v) is 5.58. The van der Waals surface area contributed by atoms with Gasteiger partial charge in [-0.05, 0) is 38.5 Å². The number of urea groups is 1. The summed E-state index contributed by atoms with van der Waals surface area (Å²) >= 11 is 0. The van der Waals surface area contributed by atoms with Crippen LogP contribution >= 0.6 is 0 Å². The zero-order valence-corrected chi connectivity index (χ0v) is 12.4. The molecule has 6 heteroatoms. The molecule has 0 saturated heterocycles. The maximum Gasteiger partial charge on any atom is 0.317 e. The molecule has 1 saturated carbocycles. The molecule has 0 aromatic rings. The van der Waals surface area contributed by atoms with Crippen molar-refractivity contribution in [2.45, 2.75) is 45.1 Å². The number of carboxylic acid groups (broad SMARTS) is 1. The summed E-state index contributed by atoms with van der Waals surface area (Å²) in [6, 6.07) is -0.153. The van der Waals surface area contributed by atoms with Gasteiger partial charge in [0.15, 0.2) is 0 Å². The van der Waals surface area contributed by atoms with Crippen molar-refractivity contribution < 1.29 is 19.4 Å². The number of carbonyl (C=O) groups excluding carboxylic acids is 1. The first-order valence-corrected chi connectivity index (χ1v) is 7.30. The topological polar surface area (TPSA) is 78.9 Å². The zero-order valence-electron chi connectivity index (χ0n) is 12.4. The van der Waals surface area contributed by atoms with Crippen molar-refractivity contribution >= 4 is 12.0 Å². The van der Waals surface area contributed by atoms with E-state index in [2.05, 4.69) is 5.32 Å². The van der Waals surface area contributed by atoms with Gasteiger partial charge in [0.25, 0.3) is 0 Å². The molecule has 1 rings (SSSR count). The quantitative estimate of drug-likeness (QED) is 0.599. The van der Waals surface area contributed by atoms with Gasteiger partial charge in [-0.1, -0.05) is 0 Å². The summed E-state index contributed by atoms with van der Waals surface area (Å²) < 4.78 is 5.49. The van der Waals surface area contributed by atoms with E-state index in [0.29, 0.717) is 26.0 Å². The Labute approximate surface area is 120 Å². The Kier molecular flexibility index (Phi) is 7.36. The van der Waals surface area contributed by atoms with E-state index in [0.717, 1.165) is 12.5 Å². The van der Waals surface area contributed by atoms with Crippen LogP contribution in [0.15, 0.2) is 0 Å². The molecule has 0 aliphatic heterocycles. The monoisotopic (exact) mass is 286 g/mol. The van der Waals surface area contributed by atoms with Crippen LogP contribution in [-0.2, 0) is 9.53 Å². The molecule has 2 amide bonds. The minimum Gasteiger partial charge on any atom is -0.481 e. The Hall–Kier alpha value is -1.30. The molecule has 1 fully saturated rings. The molecule has 1 aliphatic rings. The molecule has 1 atom stereocenters. The van der Waals surface area contributed by atoms with Crippen LogP contribution < -0.4 is 5.32 Å². The highest BCUT2D eigenvalue weighted by molar-refractivity contribution is 5.74. The Bertz CT molecular complexity index is 318. The van der Waals surface area contributed by atoms with Crippen molar-refractivity contribution in [1.29, 1.82) is 0 Å². The SMILES string of the molecule is CC(CCCC(=O)O)NC(=O)N(C)CCOCC1CC1. The highest BCUT2D eigenvalue weighted by atomic mass is 16.5. The number of nitrogens with zero attached hydrogens (tertiary/aromatic N) is 1. The normalized spacial score (nSPS) is 15.7. The lowest BCUT2D eigenvalue weighted by Crippen LogP contribution is -2.43. The summed E-state index contributed by atoms with van der Waals surface area (Å²) in [7, 11) is 1.74. The smallest absolute Gasteiger partial charge is 0.317 e. The summed E-state index contributed by atoms with van der Waals surface area (Å²) in [5.41, 5.74) is 0. The average Bonchev–Trinajstić information content (AvgIpc) is 3.17. The molecule has 116 valence electrons. The van der Waals surface area contributed by atoms with E-state index < -0.39 is 5.97 Å². The van der Waals surface area contributed by atoms with Crippen molar-refractivity contribution in [3.05, 3.63) is 0 Å². The van der Waals surface area contributed by atoms with Crippen molar-refractivity contribution in [1.82, 2.24) is 10.2 Å². The van der Waals surface area contributed by atoms with Crippen molar-refractivity contribution in [3.63, 3.8) is 0 Å². The van der Waals surface area contributed by atoms with Gasteiger partial charge in [-0.25, -0.2) is 4.79 Å². The van der Waals surface area contributed by atoms with E-state index in [1.807, 2.05) is 6.92 Å². The number of nitrogens with one attached hydrogen (secondary N) is 1. The van der Waals surface area contributed by atoms with E-state index in [9.17, 15) is 9.59 Å². The summed E-state index contributed by atoms with van der Waals surface area (Å²) in [4.78, 5) is 23.8. The van der Waals surface area contributed by atoms with Gasteiger partial charge in [0.1, 0.15) is 0 Å². The Morgan fingerprint density at radius 2 is 2.15 bits per heavy atom. The molecule has 0 spiro atoms. The number of likely N-dealkylation sites (N-methyl/N-ethyl adjacent to an activating group) is 1. The molecule has 0 aromatic carbocycles. The molecule has 0 aromatic heterocycles. The lowest BCUT2D eigenvalue weighted by Gasteiger charge is -2.21. The first-order chi connectivity index (χ1) is 9.49. The van der Waals surface area contributed by atoms with Crippen molar-refractivity contribution in [2.75, 3.05) is 26.8 Å². The Morgan fingerprint density at radius 1 is 1.45 bits per heavy atom. The van der Waals surface area contributed by atoms with Gasteiger partial charge in [-0.15, -0.1) is 0 Å². The van der Waals surface area contributed by atoms with Gasteiger partial charge in [0.2, 0.25) is 0 Å². The van der Waals surface area contributed by atoms with Crippen LogP contribution in [0.1, 0.15) is 39.0 Å². The van der Waals surface area contributed by atoms with Crippen LogP contribution in [0.4, 0.5) is 4.79 Å². The number of amides is 2. The molecular formula is C14H26N2O4. The number of rotatable bonds is 10. The second-order valence-electron chi connectivity index (χ2n) is 5.58. The van der Waals surface area contributed by atoms with Gasteiger partial charge in [-0.2, -0.15) is 0 Å². The Balaban J connectivity index is 2.04. The Morgan fingerprint density at radius 3 is 2.75 bits per heavy atom. The first kappa shape index (κ1) is 16.8. The first-order valence-electron chi connectivity index (χ1n) is 7.30. The maximum atomic E-state index is 11.8. The van der Waals surface area contributed by atoms with Gasteiger partial charge in [-0.3, -0.25) is 4.79 Å². The molecule has 0 bridgehead atoms. The fourth-order valence-electron chi connectivity index (χ4n) is 1.79. The number of hydrogen-bond acceptors (Lipinski definition) is 3. The molecule has 2 N–H and O–H groups in total. The number of ether oxygens (including phenoxy) is 1. The molecule has 1 unspecified atom stereocenters. The lowest BCUT2D eigenvalue weighted by molar-refractivity contribution is -0.137. The summed E-state index contributed by atoms with van der Waals surface area (Å²) in [5, 5.41) is 11.4. The van der Waals surface area contributed by atoms with Crippen LogP contribution in [0, 0.1) is 5.92 Å². The second kappa shape index (κ2) is 8.79. The minimum atomic E-state index is -0.798. The average molecular weight is 286 g/mol. The fourth-order valence-corrected chi connectivity index (χ4v) is 1.79. The van der Waals surface area contributed by atoms with E-state index in [4.69, 9.17) is 9.84 Å². The van der Waals surface area contributed by atoms with Gasteiger partial charge < -0.3 is 20.1 Å². The summed E-state index contributed by atoms with van der Waals surface area (Å²) in [6.45, 7) is 3.83. The fraction of sp³-hybridized carbons (Fsp3) is 0.857. The van der Waals surface area contributed by atoms with E-state index in [1.165, 1.54) is 12.8 Å². The van der Waals surface area contributed by atoms with Crippen molar-refractivity contribution in [3.8, 4) is 0 Å². The number of aliphatic carboxylic acids is 1. The minimum absolute atomic E-state index is 0.0170. The molecular weight excluding hydrogens is 260 g/mol. The summed E-state index contributed by atoms with van der Waals surface area (Å²) in [6.07, 6.45) is 3.93. The van der Waals surface area contributed by atoms with Crippen LogP contribution in [0.3, 0.4) is 0 Å². The van der Waals surface area contributed by atoms with E-state index >= 15 is 0 Å². The lowest BCUT2D eigenvalue weighted by atomic mass is 10.1. The number of hydrogen-bond donors (Lipinski definition) is 2. The maximum absolute atomic E-state index is 11.8. The van der Waals surface area contributed by atoms with Gasteiger partial charge in [0.05, 0.1) is 6.61 Å². The van der Waals surface area contributed by atoms with Crippen molar-refractivity contribution in [2.24, 2.45) is 5.92 Å². The third kappa shape index (κ3) is 7.99. The van der Waals surface area contributed by atoms with Crippen LogP contribution in [0.25, 0.3) is 0 Å². The molecule has 0 radical (unpaired) electrons. The van der Waals surface area contributed by atoms with Crippen LogP contribution in [-0.4, -0.2) is 54.9 Å². The third-order valence-electron chi connectivity index (χ3n) is 3.37. The molecule has 6 nitrogen and oxygen atoms in total. The third-order valence-corrected chi connectivity index (χ3v) is 3.37. The van der Waals surface area contributed by atoms with Crippen LogP contribution in [0.2, 0.25) is 0 Å². The summed E-state index contributed by atoms with van der Waals surface area (Å²) in [5.74, 6) is -0.0585. The highest BCUT2D eigenvalue weighted by Crippen LogP contribution is 2.28. The largest absolute Gasteiger partial charge is 0.481 e. The molecule has 0 heterocycles. The molecule has 20 heavy (non-hydrogen) atoms. The number of carboxylic acids is 1. The number of carbonyl (C=O) groups is 2. The van der Waals surface area contributed by atoms with Gasteiger partial charge in [0, 0.05) is 32.7 Å². The molecule has 1 aliphatic carbocycles. The van der Waals surface area contributed by atoms with Gasteiger partial charge >= 0.3 is 12.0 Å². The van der Waals surface area contributed by atoms with Crippen LogP contribution in [0.5, 0.6) is 0 Å².